The van der Waals surface area contributed by atoms with Gasteiger partial charge in [0.2, 0.25) is 5.91 Å². The zero-order chi connectivity index (χ0) is 17.9. The first-order valence-electron chi connectivity index (χ1n) is 8.73. The van der Waals surface area contributed by atoms with Gasteiger partial charge < -0.3 is 19.7 Å². The van der Waals surface area contributed by atoms with Crippen LogP contribution in [0, 0.1) is 0 Å². The SMILES string of the molecule is O=C(C[C@@H]1OC(=O)c2ccccc21)Nc1ccc(N2CCOCC2)cc1. The molecule has 6 heteroatoms. The van der Waals surface area contributed by atoms with Crippen LogP contribution in [0.5, 0.6) is 0 Å². The van der Waals surface area contributed by atoms with Gasteiger partial charge in [0.05, 0.1) is 25.2 Å². The van der Waals surface area contributed by atoms with Gasteiger partial charge in [-0.2, -0.15) is 0 Å². The molecule has 134 valence electrons. The average Bonchev–Trinajstić information content (AvgIpc) is 2.99. The van der Waals surface area contributed by atoms with Gasteiger partial charge in [-0.05, 0) is 30.3 Å². The van der Waals surface area contributed by atoms with E-state index in [1.165, 1.54) is 0 Å². The third-order valence-electron chi connectivity index (χ3n) is 4.67. The van der Waals surface area contributed by atoms with Gasteiger partial charge in [-0.3, -0.25) is 4.79 Å². The summed E-state index contributed by atoms with van der Waals surface area (Å²) in [5.41, 5.74) is 3.16. The smallest absolute Gasteiger partial charge is 0.339 e. The molecule has 2 aromatic carbocycles. The molecule has 0 spiro atoms. The second-order valence-corrected chi connectivity index (χ2v) is 6.38. The van der Waals surface area contributed by atoms with Crippen LogP contribution < -0.4 is 10.2 Å². The Hall–Kier alpha value is -2.86. The van der Waals surface area contributed by atoms with Crippen molar-refractivity contribution < 1.29 is 19.1 Å². The lowest BCUT2D eigenvalue weighted by molar-refractivity contribution is -0.118. The summed E-state index contributed by atoms with van der Waals surface area (Å²) >= 11 is 0. The Morgan fingerprint density at radius 3 is 2.58 bits per heavy atom. The van der Waals surface area contributed by atoms with Crippen molar-refractivity contribution in [2.24, 2.45) is 0 Å². The van der Waals surface area contributed by atoms with Gasteiger partial charge in [0.15, 0.2) is 0 Å². The molecule has 1 saturated heterocycles. The third kappa shape index (κ3) is 3.41. The molecule has 1 atom stereocenters. The predicted molar refractivity (Wildman–Crippen MR) is 97.3 cm³/mol. The molecular formula is C20H20N2O4. The molecule has 0 radical (unpaired) electrons. The fraction of sp³-hybridized carbons (Fsp3) is 0.300. The standard InChI is InChI=1S/C20H20N2O4/c23-19(13-18-16-3-1-2-4-17(16)20(24)26-18)21-14-5-7-15(8-6-14)22-9-11-25-12-10-22/h1-8,18H,9-13H2,(H,21,23)/t18-/m0/s1. The minimum Gasteiger partial charge on any atom is -0.453 e. The number of rotatable bonds is 4. The van der Waals surface area contributed by atoms with Crippen molar-refractivity contribution in [3.8, 4) is 0 Å². The summed E-state index contributed by atoms with van der Waals surface area (Å²) in [6, 6.07) is 14.9. The van der Waals surface area contributed by atoms with Crippen LogP contribution in [0.1, 0.15) is 28.4 Å². The Balaban J connectivity index is 1.37. The number of nitrogens with one attached hydrogen (secondary N) is 1. The lowest BCUT2D eigenvalue weighted by Gasteiger charge is -2.28. The van der Waals surface area contributed by atoms with Gasteiger partial charge in [-0.1, -0.05) is 18.2 Å². The number of carbonyl (C=O) groups is 2. The highest BCUT2D eigenvalue weighted by molar-refractivity contribution is 5.96. The topological polar surface area (TPSA) is 67.9 Å². The van der Waals surface area contributed by atoms with Crippen LogP contribution in [-0.2, 0) is 14.3 Å². The predicted octanol–water partition coefficient (Wildman–Crippen LogP) is 2.76. The van der Waals surface area contributed by atoms with E-state index in [1.807, 2.05) is 36.4 Å². The Morgan fingerprint density at radius 1 is 1.08 bits per heavy atom. The summed E-state index contributed by atoms with van der Waals surface area (Å²) in [5, 5.41) is 2.87. The van der Waals surface area contributed by atoms with Gasteiger partial charge in [0, 0.05) is 30.0 Å². The number of esters is 1. The molecule has 2 aliphatic rings. The quantitative estimate of drug-likeness (QED) is 0.857. The van der Waals surface area contributed by atoms with E-state index in [0.717, 1.165) is 43.2 Å². The van der Waals surface area contributed by atoms with Gasteiger partial charge in [-0.25, -0.2) is 4.79 Å². The second-order valence-electron chi connectivity index (χ2n) is 6.38. The molecule has 2 aliphatic heterocycles. The molecular weight excluding hydrogens is 332 g/mol. The van der Waals surface area contributed by atoms with Gasteiger partial charge >= 0.3 is 5.97 Å². The molecule has 0 saturated carbocycles. The van der Waals surface area contributed by atoms with E-state index in [-0.39, 0.29) is 18.3 Å². The Labute approximate surface area is 151 Å². The maximum absolute atomic E-state index is 12.3. The lowest BCUT2D eigenvalue weighted by atomic mass is 10.0. The van der Waals surface area contributed by atoms with Crippen molar-refractivity contribution in [3.63, 3.8) is 0 Å². The van der Waals surface area contributed by atoms with Crippen molar-refractivity contribution in [3.05, 3.63) is 59.7 Å². The summed E-state index contributed by atoms with van der Waals surface area (Å²) in [7, 11) is 0. The number of carbonyl (C=O) groups excluding carboxylic acids is 2. The number of hydrogen-bond donors (Lipinski definition) is 1. The van der Waals surface area contributed by atoms with Crippen LogP contribution in [-0.4, -0.2) is 38.2 Å². The number of morpholine rings is 1. The normalized spacial score (nSPS) is 19.0. The van der Waals surface area contributed by atoms with Crippen molar-refractivity contribution in [1.29, 1.82) is 0 Å². The van der Waals surface area contributed by atoms with E-state index < -0.39 is 6.10 Å². The highest BCUT2D eigenvalue weighted by Gasteiger charge is 2.32. The monoisotopic (exact) mass is 352 g/mol. The van der Waals surface area contributed by atoms with Crippen LogP contribution in [0.25, 0.3) is 0 Å². The van der Waals surface area contributed by atoms with Gasteiger partial charge in [-0.15, -0.1) is 0 Å². The fourth-order valence-electron chi connectivity index (χ4n) is 3.33. The molecule has 0 unspecified atom stereocenters. The number of cyclic esters (lactones) is 1. The molecule has 1 fully saturated rings. The highest BCUT2D eigenvalue weighted by atomic mass is 16.5. The van der Waals surface area contributed by atoms with Crippen molar-refractivity contribution in [2.75, 3.05) is 36.5 Å². The summed E-state index contributed by atoms with van der Waals surface area (Å²) in [5.74, 6) is -0.549. The first-order valence-corrected chi connectivity index (χ1v) is 8.73. The molecule has 6 nitrogen and oxygen atoms in total. The van der Waals surface area contributed by atoms with E-state index in [9.17, 15) is 9.59 Å². The van der Waals surface area contributed by atoms with E-state index >= 15 is 0 Å². The minimum atomic E-state index is -0.522. The van der Waals surface area contributed by atoms with Crippen LogP contribution in [0.4, 0.5) is 11.4 Å². The van der Waals surface area contributed by atoms with E-state index in [4.69, 9.17) is 9.47 Å². The first kappa shape index (κ1) is 16.6. The van der Waals surface area contributed by atoms with Crippen molar-refractivity contribution >= 4 is 23.3 Å². The van der Waals surface area contributed by atoms with E-state index in [0.29, 0.717) is 5.56 Å². The van der Waals surface area contributed by atoms with Crippen molar-refractivity contribution in [2.45, 2.75) is 12.5 Å². The summed E-state index contributed by atoms with van der Waals surface area (Å²) in [4.78, 5) is 26.4. The third-order valence-corrected chi connectivity index (χ3v) is 4.67. The molecule has 1 amide bonds. The van der Waals surface area contributed by atoms with Crippen LogP contribution in [0.15, 0.2) is 48.5 Å². The summed E-state index contributed by atoms with van der Waals surface area (Å²) in [6.07, 6.45) is -0.417. The molecule has 4 rings (SSSR count). The zero-order valence-corrected chi connectivity index (χ0v) is 14.3. The number of benzene rings is 2. The fourth-order valence-corrected chi connectivity index (χ4v) is 3.33. The zero-order valence-electron chi connectivity index (χ0n) is 14.3. The largest absolute Gasteiger partial charge is 0.453 e. The molecule has 2 heterocycles. The average molecular weight is 352 g/mol. The Kier molecular flexibility index (Phi) is 4.58. The summed E-state index contributed by atoms with van der Waals surface area (Å²) in [6.45, 7) is 3.22. The van der Waals surface area contributed by atoms with Crippen LogP contribution >= 0.6 is 0 Å². The highest BCUT2D eigenvalue weighted by Crippen LogP contribution is 2.33. The molecule has 0 aliphatic carbocycles. The Bertz CT molecular complexity index is 813. The van der Waals surface area contributed by atoms with Crippen LogP contribution in [0.3, 0.4) is 0 Å². The van der Waals surface area contributed by atoms with E-state index in [2.05, 4.69) is 10.2 Å². The number of hydrogen-bond acceptors (Lipinski definition) is 5. The number of nitrogens with zero attached hydrogens (tertiary/aromatic N) is 1. The van der Waals surface area contributed by atoms with Gasteiger partial charge in [0.1, 0.15) is 6.10 Å². The minimum absolute atomic E-state index is 0.105. The number of anilines is 2. The second kappa shape index (κ2) is 7.17. The maximum atomic E-state index is 12.3. The molecule has 0 bridgehead atoms. The number of amides is 1. The Morgan fingerprint density at radius 2 is 1.81 bits per heavy atom. The molecule has 1 N–H and O–H groups in total. The van der Waals surface area contributed by atoms with Gasteiger partial charge in [0.25, 0.3) is 0 Å². The lowest BCUT2D eigenvalue weighted by Crippen LogP contribution is -2.36. The van der Waals surface area contributed by atoms with Crippen molar-refractivity contribution in [1.82, 2.24) is 0 Å². The summed E-state index contributed by atoms with van der Waals surface area (Å²) < 4.78 is 10.7. The maximum Gasteiger partial charge on any atom is 0.339 e. The molecule has 0 aromatic heterocycles. The van der Waals surface area contributed by atoms with Crippen LogP contribution in [0.2, 0.25) is 0 Å². The first-order chi connectivity index (χ1) is 12.7. The molecule has 2 aromatic rings. The van der Waals surface area contributed by atoms with E-state index in [1.54, 1.807) is 12.1 Å². The number of fused-ring (bicyclic) bond motifs is 1. The number of ether oxygens (including phenoxy) is 2. The molecule has 26 heavy (non-hydrogen) atoms.